The molecule has 0 spiro atoms. The van der Waals surface area contributed by atoms with Gasteiger partial charge in [0.2, 0.25) is 0 Å². The topological polar surface area (TPSA) is 112 Å². The molecule has 3 N–H and O–H groups in total. The first-order valence-corrected chi connectivity index (χ1v) is 8.93. The minimum absolute atomic E-state index is 0.0463. The van der Waals surface area contributed by atoms with Crippen LogP contribution in [0.25, 0.3) is 0 Å². The van der Waals surface area contributed by atoms with Crippen molar-refractivity contribution in [1.82, 2.24) is 0 Å². The lowest BCUT2D eigenvalue weighted by atomic mass is 9.85. The molecule has 0 aliphatic carbocycles. The molecule has 0 saturated carbocycles. The number of ether oxygens (including phenoxy) is 2. The molecule has 0 bridgehead atoms. The summed E-state index contributed by atoms with van der Waals surface area (Å²) < 4.78 is 10.8. The number of nitriles is 1. The molecule has 148 valence electrons. The molecule has 0 saturated heterocycles. The predicted octanol–water partition coefficient (Wildman–Crippen LogP) is 3.39. The van der Waals surface area contributed by atoms with Gasteiger partial charge in [0, 0.05) is 17.3 Å². The monoisotopic (exact) mass is 404 g/mol. The molecule has 1 atom stereocenters. The summed E-state index contributed by atoms with van der Waals surface area (Å²) in [6.07, 6.45) is 0.154. The molecule has 0 aliphatic rings. The molecule has 0 amide bonds. The summed E-state index contributed by atoms with van der Waals surface area (Å²) in [5, 5.41) is 31.4. The number of hydrogen-bond donors (Lipinski definition) is 3. The van der Waals surface area contributed by atoms with Gasteiger partial charge in [-0.15, -0.1) is 0 Å². The molecular weight excluding hydrogens is 384 g/mol. The molecule has 0 aliphatic heterocycles. The number of methoxy groups -OCH3 is 1. The standard InChI is InChI=1S/C20H21ClN2O5/c1-3-20(19(25)26,23-14-6-4-13(12-22)5-7-14)16-10-15(27-2)11-17(21)18(16)28-9-8-24/h4-7,10-11,23-24H,3,8-9H2,1-2H3,(H,25,26). The molecule has 1 unspecified atom stereocenters. The van der Waals surface area contributed by atoms with E-state index >= 15 is 0 Å². The van der Waals surface area contributed by atoms with Gasteiger partial charge in [0.05, 0.1) is 30.4 Å². The van der Waals surface area contributed by atoms with Crippen molar-refractivity contribution in [2.75, 3.05) is 25.6 Å². The van der Waals surface area contributed by atoms with Crippen molar-refractivity contribution in [3.8, 4) is 17.6 Å². The Morgan fingerprint density at radius 1 is 1.32 bits per heavy atom. The van der Waals surface area contributed by atoms with E-state index in [-0.39, 0.29) is 36.0 Å². The number of aliphatic hydroxyl groups is 1. The molecular formula is C20H21ClN2O5. The number of aliphatic carboxylic acids is 1. The maximum absolute atomic E-state index is 12.4. The zero-order valence-electron chi connectivity index (χ0n) is 15.5. The van der Waals surface area contributed by atoms with Crippen molar-refractivity contribution in [2.45, 2.75) is 18.9 Å². The normalized spacial score (nSPS) is 12.5. The Bertz CT molecular complexity index is 879. The van der Waals surface area contributed by atoms with Crippen LogP contribution in [0.3, 0.4) is 0 Å². The fourth-order valence-corrected chi connectivity index (χ4v) is 3.10. The van der Waals surface area contributed by atoms with Crippen molar-refractivity contribution in [2.24, 2.45) is 0 Å². The molecule has 8 heteroatoms. The molecule has 2 aromatic carbocycles. The maximum atomic E-state index is 12.4. The molecule has 0 radical (unpaired) electrons. The largest absolute Gasteiger partial charge is 0.497 e. The second-order valence-electron chi connectivity index (χ2n) is 5.94. The van der Waals surface area contributed by atoms with Crippen LogP contribution in [0.1, 0.15) is 24.5 Å². The summed E-state index contributed by atoms with van der Waals surface area (Å²) in [4.78, 5) is 12.4. The smallest absolute Gasteiger partial charge is 0.334 e. The van der Waals surface area contributed by atoms with E-state index in [1.165, 1.54) is 13.2 Å². The molecule has 2 aromatic rings. The molecule has 0 heterocycles. The Labute approximate surface area is 168 Å². The van der Waals surface area contributed by atoms with Gasteiger partial charge in [-0.2, -0.15) is 5.26 Å². The molecule has 2 rings (SSSR count). The minimum Gasteiger partial charge on any atom is -0.497 e. The third-order valence-electron chi connectivity index (χ3n) is 4.32. The van der Waals surface area contributed by atoms with Crippen molar-refractivity contribution in [3.05, 3.63) is 52.5 Å². The van der Waals surface area contributed by atoms with Crippen molar-refractivity contribution in [3.63, 3.8) is 0 Å². The minimum atomic E-state index is -1.59. The first-order chi connectivity index (χ1) is 13.4. The Kier molecular flexibility index (Phi) is 7.10. The highest BCUT2D eigenvalue weighted by atomic mass is 35.5. The number of benzene rings is 2. The van der Waals surface area contributed by atoms with E-state index in [2.05, 4.69) is 5.32 Å². The van der Waals surface area contributed by atoms with Crippen molar-refractivity contribution >= 4 is 23.3 Å². The van der Waals surface area contributed by atoms with Crippen LogP contribution in [0.4, 0.5) is 5.69 Å². The van der Waals surface area contributed by atoms with Crippen molar-refractivity contribution < 1.29 is 24.5 Å². The third-order valence-corrected chi connectivity index (χ3v) is 4.60. The number of carbonyl (C=O) groups is 1. The summed E-state index contributed by atoms with van der Waals surface area (Å²) in [6.45, 7) is 1.42. The van der Waals surface area contributed by atoms with Gasteiger partial charge >= 0.3 is 5.97 Å². The van der Waals surface area contributed by atoms with Crippen LogP contribution in [0.2, 0.25) is 5.02 Å². The number of carboxylic acids is 1. The van der Waals surface area contributed by atoms with Crippen LogP contribution < -0.4 is 14.8 Å². The number of nitrogens with zero attached hydrogens (tertiary/aromatic N) is 1. The van der Waals surface area contributed by atoms with Gasteiger partial charge in [-0.1, -0.05) is 18.5 Å². The Morgan fingerprint density at radius 2 is 2.00 bits per heavy atom. The van der Waals surface area contributed by atoms with Crippen LogP contribution in [0.15, 0.2) is 36.4 Å². The van der Waals surface area contributed by atoms with Gasteiger partial charge in [-0.3, -0.25) is 0 Å². The first kappa shape index (κ1) is 21.4. The summed E-state index contributed by atoms with van der Waals surface area (Å²) >= 11 is 6.32. The lowest BCUT2D eigenvalue weighted by Gasteiger charge is -2.33. The second kappa shape index (κ2) is 9.31. The zero-order chi connectivity index (χ0) is 20.7. The molecule has 0 fully saturated rings. The quantitative estimate of drug-likeness (QED) is 0.587. The van der Waals surface area contributed by atoms with Crippen LogP contribution in [0.5, 0.6) is 11.5 Å². The number of halogens is 1. The molecule has 28 heavy (non-hydrogen) atoms. The van der Waals surface area contributed by atoms with Gasteiger partial charge < -0.3 is 25.0 Å². The lowest BCUT2D eigenvalue weighted by Crippen LogP contribution is -2.43. The fraction of sp³-hybridized carbons (Fsp3) is 0.300. The number of anilines is 1. The summed E-state index contributed by atoms with van der Waals surface area (Å²) in [5.74, 6) is -0.614. The Morgan fingerprint density at radius 3 is 2.50 bits per heavy atom. The van der Waals surface area contributed by atoms with E-state index in [0.29, 0.717) is 17.0 Å². The van der Waals surface area contributed by atoms with Gasteiger partial charge in [-0.25, -0.2) is 4.79 Å². The van der Waals surface area contributed by atoms with Crippen LogP contribution in [-0.4, -0.2) is 36.5 Å². The summed E-state index contributed by atoms with van der Waals surface area (Å²) in [7, 11) is 1.45. The second-order valence-corrected chi connectivity index (χ2v) is 6.34. The third kappa shape index (κ3) is 4.30. The van der Waals surface area contributed by atoms with E-state index < -0.39 is 11.5 Å². The Hall–Kier alpha value is -2.95. The van der Waals surface area contributed by atoms with Gasteiger partial charge in [0.15, 0.2) is 5.54 Å². The number of hydrogen-bond acceptors (Lipinski definition) is 6. The number of carboxylic acid groups (broad SMARTS) is 1. The number of nitrogens with one attached hydrogen (secondary N) is 1. The highest BCUT2D eigenvalue weighted by Crippen LogP contribution is 2.42. The van der Waals surface area contributed by atoms with E-state index in [0.717, 1.165) is 0 Å². The van der Waals surface area contributed by atoms with Gasteiger partial charge in [-0.05, 0) is 36.8 Å². The summed E-state index contributed by atoms with van der Waals surface area (Å²) in [6, 6.07) is 11.5. The predicted molar refractivity (Wildman–Crippen MR) is 105 cm³/mol. The highest BCUT2D eigenvalue weighted by molar-refractivity contribution is 6.32. The number of rotatable bonds is 9. The van der Waals surface area contributed by atoms with E-state index in [1.54, 1.807) is 37.3 Å². The van der Waals surface area contributed by atoms with Crippen LogP contribution >= 0.6 is 11.6 Å². The average molecular weight is 405 g/mol. The van der Waals surface area contributed by atoms with E-state index in [9.17, 15) is 9.90 Å². The Balaban J connectivity index is 2.64. The zero-order valence-corrected chi connectivity index (χ0v) is 16.3. The van der Waals surface area contributed by atoms with E-state index in [4.69, 9.17) is 31.4 Å². The SMILES string of the molecule is CCC(Nc1ccc(C#N)cc1)(C(=O)O)c1cc(OC)cc(Cl)c1OCCO. The van der Waals surface area contributed by atoms with Gasteiger partial charge in [0.25, 0.3) is 0 Å². The lowest BCUT2D eigenvalue weighted by molar-refractivity contribution is -0.142. The first-order valence-electron chi connectivity index (χ1n) is 8.55. The van der Waals surface area contributed by atoms with Gasteiger partial charge in [0.1, 0.15) is 18.1 Å². The van der Waals surface area contributed by atoms with Crippen LogP contribution in [0, 0.1) is 11.3 Å². The molecule has 7 nitrogen and oxygen atoms in total. The maximum Gasteiger partial charge on any atom is 0.334 e. The number of aliphatic hydroxyl groups excluding tert-OH is 1. The van der Waals surface area contributed by atoms with Crippen LogP contribution in [-0.2, 0) is 10.3 Å². The van der Waals surface area contributed by atoms with Crippen molar-refractivity contribution in [1.29, 1.82) is 5.26 Å². The summed E-state index contributed by atoms with van der Waals surface area (Å²) in [5.41, 5.74) is -0.351. The molecule has 0 aromatic heterocycles. The van der Waals surface area contributed by atoms with E-state index in [1.807, 2.05) is 6.07 Å². The average Bonchev–Trinajstić information content (AvgIpc) is 2.71. The highest BCUT2D eigenvalue weighted by Gasteiger charge is 2.42. The fourth-order valence-electron chi connectivity index (χ4n) is 2.84.